The maximum Gasteiger partial charge on any atom is 0.129 e. The highest BCUT2D eigenvalue weighted by molar-refractivity contribution is 5.09. The van der Waals surface area contributed by atoms with Crippen LogP contribution in [0.4, 0.5) is 0 Å². The minimum Gasteiger partial charge on any atom is -0.467 e. The van der Waals surface area contributed by atoms with Gasteiger partial charge in [0.25, 0.3) is 0 Å². The Bertz CT molecular complexity index is 448. The number of ether oxygens (including phenoxy) is 1. The van der Waals surface area contributed by atoms with Crippen molar-refractivity contribution < 1.29 is 9.15 Å². The maximum atomic E-state index is 5.51. The van der Waals surface area contributed by atoms with Crippen LogP contribution in [0.1, 0.15) is 24.7 Å². The Kier molecular flexibility index (Phi) is 5.72. The standard InChI is InChI=1S/C15H22N2O2/c1-2-17-8-6-14(12-17)11-16-7-4-9-18-13-15-5-3-10-19-15/h3,5-6,8,10,12,16H,2,4,7,9,11,13H2,1H3. The Morgan fingerprint density at radius 1 is 1.37 bits per heavy atom. The lowest BCUT2D eigenvalue weighted by Crippen LogP contribution is -2.16. The van der Waals surface area contributed by atoms with E-state index in [2.05, 4.69) is 35.3 Å². The number of nitrogens with zero attached hydrogens (tertiary/aromatic N) is 1. The van der Waals surface area contributed by atoms with Crippen molar-refractivity contribution in [1.29, 1.82) is 0 Å². The van der Waals surface area contributed by atoms with E-state index in [0.29, 0.717) is 6.61 Å². The summed E-state index contributed by atoms with van der Waals surface area (Å²) in [4.78, 5) is 0. The van der Waals surface area contributed by atoms with Crippen molar-refractivity contribution in [2.24, 2.45) is 0 Å². The van der Waals surface area contributed by atoms with Gasteiger partial charge in [-0.2, -0.15) is 0 Å². The molecule has 19 heavy (non-hydrogen) atoms. The van der Waals surface area contributed by atoms with Crippen molar-refractivity contribution in [2.45, 2.75) is 33.0 Å². The molecule has 0 spiro atoms. The van der Waals surface area contributed by atoms with Crippen molar-refractivity contribution in [1.82, 2.24) is 9.88 Å². The van der Waals surface area contributed by atoms with Crippen LogP contribution in [0.15, 0.2) is 41.3 Å². The van der Waals surface area contributed by atoms with Crippen molar-refractivity contribution in [3.63, 3.8) is 0 Å². The maximum absolute atomic E-state index is 5.51. The molecule has 2 rings (SSSR count). The monoisotopic (exact) mass is 262 g/mol. The van der Waals surface area contributed by atoms with E-state index < -0.39 is 0 Å². The van der Waals surface area contributed by atoms with Gasteiger partial charge in [0.15, 0.2) is 0 Å². The van der Waals surface area contributed by atoms with Crippen molar-refractivity contribution >= 4 is 0 Å². The van der Waals surface area contributed by atoms with Gasteiger partial charge in [-0.1, -0.05) is 0 Å². The predicted molar refractivity (Wildman–Crippen MR) is 74.8 cm³/mol. The second-order valence-corrected chi connectivity index (χ2v) is 4.51. The predicted octanol–water partition coefficient (Wildman–Crippen LogP) is 2.80. The van der Waals surface area contributed by atoms with Crippen LogP contribution in [-0.4, -0.2) is 17.7 Å². The molecule has 2 heterocycles. The molecule has 0 aliphatic heterocycles. The van der Waals surface area contributed by atoms with Gasteiger partial charge >= 0.3 is 0 Å². The SMILES string of the molecule is CCn1ccc(CNCCCOCc2ccco2)c1. The van der Waals surface area contributed by atoms with Crippen LogP contribution in [0.25, 0.3) is 0 Å². The highest BCUT2D eigenvalue weighted by atomic mass is 16.5. The van der Waals surface area contributed by atoms with Gasteiger partial charge in [-0.05, 0) is 43.7 Å². The van der Waals surface area contributed by atoms with Crippen LogP contribution < -0.4 is 5.32 Å². The summed E-state index contributed by atoms with van der Waals surface area (Å²) in [7, 11) is 0. The average molecular weight is 262 g/mol. The second-order valence-electron chi connectivity index (χ2n) is 4.51. The number of aromatic nitrogens is 1. The number of hydrogen-bond donors (Lipinski definition) is 1. The summed E-state index contributed by atoms with van der Waals surface area (Å²) in [5, 5.41) is 3.42. The molecule has 0 atom stereocenters. The van der Waals surface area contributed by atoms with Crippen LogP contribution in [0.5, 0.6) is 0 Å². The van der Waals surface area contributed by atoms with E-state index in [0.717, 1.165) is 38.4 Å². The van der Waals surface area contributed by atoms with Crippen molar-refractivity contribution in [3.8, 4) is 0 Å². The molecule has 0 saturated carbocycles. The topological polar surface area (TPSA) is 39.3 Å². The molecule has 0 aliphatic rings. The molecule has 0 fully saturated rings. The lowest BCUT2D eigenvalue weighted by Gasteiger charge is -2.04. The number of rotatable bonds is 9. The molecule has 0 bridgehead atoms. The minimum atomic E-state index is 0.562. The van der Waals surface area contributed by atoms with E-state index in [1.54, 1.807) is 6.26 Å². The van der Waals surface area contributed by atoms with Crippen LogP contribution >= 0.6 is 0 Å². The molecule has 0 radical (unpaired) electrons. The fourth-order valence-corrected chi connectivity index (χ4v) is 1.89. The smallest absolute Gasteiger partial charge is 0.129 e. The summed E-state index contributed by atoms with van der Waals surface area (Å²) >= 11 is 0. The molecule has 0 unspecified atom stereocenters. The third-order valence-electron chi connectivity index (χ3n) is 2.97. The van der Waals surface area contributed by atoms with Gasteiger partial charge in [0.2, 0.25) is 0 Å². The molecule has 0 saturated heterocycles. The number of furan rings is 1. The molecular formula is C15H22N2O2. The third kappa shape index (κ3) is 4.93. The number of nitrogens with one attached hydrogen (secondary N) is 1. The Hall–Kier alpha value is -1.52. The van der Waals surface area contributed by atoms with Crippen LogP contribution in [0, 0.1) is 0 Å². The Morgan fingerprint density at radius 2 is 2.32 bits per heavy atom. The summed E-state index contributed by atoms with van der Waals surface area (Å²) in [6.07, 6.45) is 6.97. The summed E-state index contributed by atoms with van der Waals surface area (Å²) in [6.45, 7) is 6.38. The van der Waals surface area contributed by atoms with Crippen LogP contribution in [-0.2, 0) is 24.4 Å². The molecular weight excluding hydrogens is 240 g/mol. The summed E-state index contributed by atoms with van der Waals surface area (Å²) in [5.74, 6) is 0.883. The van der Waals surface area contributed by atoms with E-state index in [4.69, 9.17) is 9.15 Å². The van der Waals surface area contributed by atoms with E-state index in [9.17, 15) is 0 Å². The Labute approximate surface area is 114 Å². The third-order valence-corrected chi connectivity index (χ3v) is 2.97. The molecule has 2 aromatic heterocycles. The van der Waals surface area contributed by atoms with Gasteiger partial charge in [0.05, 0.1) is 6.26 Å². The van der Waals surface area contributed by atoms with E-state index >= 15 is 0 Å². The zero-order valence-corrected chi connectivity index (χ0v) is 11.5. The molecule has 0 aliphatic carbocycles. The Morgan fingerprint density at radius 3 is 3.05 bits per heavy atom. The quantitative estimate of drug-likeness (QED) is 0.706. The first-order valence-corrected chi connectivity index (χ1v) is 6.84. The molecule has 2 aromatic rings. The molecule has 104 valence electrons. The number of aryl methyl sites for hydroxylation is 1. The highest BCUT2D eigenvalue weighted by Crippen LogP contribution is 2.02. The lowest BCUT2D eigenvalue weighted by molar-refractivity contribution is 0.104. The highest BCUT2D eigenvalue weighted by Gasteiger charge is 1.97. The van der Waals surface area contributed by atoms with E-state index in [1.807, 2.05) is 12.1 Å². The van der Waals surface area contributed by atoms with Gasteiger partial charge in [-0.3, -0.25) is 0 Å². The van der Waals surface area contributed by atoms with Gasteiger partial charge in [-0.25, -0.2) is 0 Å². The first-order chi connectivity index (χ1) is 9.38. The molecule has 1 N–H and O–H groups in total. The summed E-state index contributed by atoms with van der Waals surface area (Å²) < 4.78 is 12.9. The fraction of sp³-hybridized carbons (Fsp3) is 0.467. The molecule has 0 amide bonds. The fourth-order valence-electron chi connectivity index (χ4n) is 1.89. The van der Waals surface area contributed by atoms with Crippen LogP contribution in [0.2, 0.25) is 0 Å². The normalized spacial score (nSPS) is 11.0. The van der Waals surface area contributed by atoms with Gasteiger partial charge in [0.1, 0.15) is 12.4 Å². The molecule has 4 heteroatoms. The average Bonchev–Trinajstić information content (AvgIpc) is 3.08. The van der Waals surface area contributed by atoms with Crippen LogP contribution in [0.3, 0.4) is 0 Å². The summed E-state index contributed by atoms with van der Waals surface area (Å²) in [5.41, 5.74) is 1.33. The molecule has 0 aromatic carbocycles. The van der Waals surface area contributed by atoms with Gasteiger partial charge in [0, 0.05) is 32.1 Å². The number of hydrogen-bond acceptors (Lipinski definition) is 3. The van der Waals surface area contributed by atoms with Gasteiger partial charge in [-0.15, -0.1) is 0 Å². The minimum absolute atomic E-state index is 0.562. The zero-order valence-electron chi connectivity index (χ0n) is 11.5. The Balaban J connectivity index is 1.48. The van der Waals surface area contributed by atoms with Gasteiger partial charge < -0.3 is 19.0 Å². The second kappa shape index (κ2) is 7.81. The first-order valence-electron chi connectivity index (χ1n) is 6.84. The summed E-state index contributed by atoms with van der Waals surface area (Å²) in [6, 6.07) is 5.96. The lowest BCUT2D eigenvalue weighted by atomic mass is 10.3. The van der Waals surface area contributed by atoms with E-state index in [1.165, 1.54) is 5.56 Å². The van der Waals surface area contributed by atoms with Crippen molar-refractivity contribution in [3.05, 3.63) is 48.2 Å². The molecule has 4 nitrogen and oxygen atoms in total. The van der Waals surface area contributed by atoms with Crippen molar-refractivity contribution in [2.75, 3.05) is 13.2 Å². The van der Waals surface area contributed by atoms with E-state index in [-0.39, 0.29) is 0 Å². The first kappa shape index (κ1) is 13.9. The zero-order chi connectivity index (χ0) is 13.3. The largest absolute Gasteiger partial charge is 0.467 e.